The second kappa shape index (κ2) is 14.1. The van der Waals surface area contributed by atoms with Gasteiger partial charge in [-0.25, -0.2) is 0 Å². The summed E-state index contributed by atoms with van der Waals surface area (Å²) in [6.45, 7) is 4.73. The molecule has 280 valence electrons. The van der Waals surface area contributed by atoms with E-state index in [9.17, 15) is 0 Å². The molecule has 0 saturated heterocycles. The van der Waals surface area contributed by atoms with Crippen LogP contribution < -0.4 is 4.90 Å². The molecule has 1 aliphatic rings. The number of benzene rings is 9. The molecular formula is C57H41NS. The Morgan fingerprint density at radius 3 is 1.39 bits per heavy atom. The maximum atomic E-state index is 2.41. The van der Waals surface area contributed by atoms with Crippen molar-refractivity contribution in [3.05, 3.63) is 223 Å². The molecule has 1 aliphatic carbocycles. The Kier molecular flexibility index (Phi) is 8.43. The van der Waals surface area contributed by atoms with Gasteiger partial charge in [0.1, 0.15) is 0 Å². The highest BCUT2D eigenvalue weighted by Crippen LogP contribution is 2.51. The molecule has 0 radical (unpaired) electrons. The summed E-state index contributed by atoms with van der Waals surface area (Å²) >= 11 is 1.88. The summed E-state index contributed by atoms with van der Waals surface area (Å²) in [7, 11) is 0. The molecule has 0 atom stereocenters. The SMILES string of the molecule is CC1(C)c2cc(-c3ccccc3)ccc2-c2ccc(-c3ccc(N(c4ccccc4)c4ccc(-c5ccc(-c6cccc7c6sc6ccccc67)cc5)cc4)cc3)cc21. The standard InChI is InChI=1S/C57H41NS/c1-57(2)53-36-43(38-12-5-3-6-13-38)28-34-49(53)50-35-29-44(37-54(50)57)41-26-32-47(33-27-41)58(45-14-7-4-8-15-45)46-30-24-40(25-31-46)39-20-22-42(23-21-39)48-17-11-18-52-51-16-9-10-19-55(51)59-56(48)52/h3-37H,1-2H3. The molecule has 0 amide bonds. The van der Waals surface area contributed by atoms with Gasteiger partial charge in [-0.15, -0.1) is 11.3 Å². The fourth-order valence-electron chi connectivity index (χ4n) is 9.17. The molecule has 1 aromatic heterocycles. The van der Waals surface area contributed by atoms with Gasteiger partial charge in [-0.2, -0.15) is 0 Å². The van der Waals surface area contributed by atoms with E-state index >= 15 is 0 Å². The number of para-hydroxylation sites is 1. The lowest BCUT2D eigenvalue weighted by atomic mass is 9.81. The highest BCUT2D eigenvalue weighted by Gasteiger charge is 2.36. The number of hydrogen-bond acceptors (Lipinski definition) is 2. The monoisotopic (exact) mass is 771 g/mol. The van der Waals surface area contributed by atoms with Gasteiger partial charge in [-0.3, -0.25) is 0 Å². The van der Waals surface area contributed by atoms with Gasteiger partial charge in [0.25, 0.3) is 0 Å². The molecule has 11 rings (SSSR count). The van der Waals surface area contributed by atoms with Gasteiger partial charge < -0.3 is 4.90 Å². The van der Waals surface area contributed by atoms with Crippen LogP contribution in [-0.4, -0.2) is 0 Å². The summed E-state index contributed by atoms with van der Waals surface area (Å²) in [4.78, 5) is 2.34. The van der Waals surface area contributed by atoms with Gasteiger partial charge in [-0.1, -0.05) is 172 Å². The predicted octanol–water partition coefficient (Wildman–Crippen LogP) is 16.5. The molecule has 1 nitrogen and oxygen atoms in total. The lowest BCUT2D eigenvalue weighted by Gasteiger charge is -2.26. The first-order valence-corrected chi connectivity index (χ1v) is 21.2. The van der Waals surface area contributed by atoms with Gasteiger partial charge in [0.05, 0.1) is 0 Å². The molecule has 0 spiro atoms. The minimum Gasteiger partial charge on any atom is -0.311 e. The van der Waals surface area contributed by atoms with E-state index in [4.69, 9.17) is 0 Å². The number of fused-ring (bicyclic) bond motifs is 6. The molecule has 1 heterocycles. The van der Waals surface area contributed by atoms with Crippen molar-refractivity contribution in [3.8, 4) is 55.6 Å². The lowest BCUT2D eigenvalue weighted by molar-refractivity contribution is 0.661. The fourth-order valence-corrected chi connectivity index (χ4v) is 10.4. The largest absolute Gasteiger partial charge is 0.311 e. The first-order valence-electron chi connectivity index (χ1n) is 20.4. The quantitative estimate of drug-likeness (QED) is 0.156. The Labute approximate surface area is 350 Å². The molecule has 59 heavy (non-hydrogen) atoms. The van der Waals surface area contributed by atoms with E-state index in [-0.39, 0.29) is 5.41 Å². The topological polar surface area (TPSA) is 3.24 Å². The average molecular weight is 772 g/mol. The van der Waals surface area contributed by atoms with Crippen LogP contribution in [0.3, 0.4) is 0 Å². The highest BCUT2D eigenvalue weighted by molar-refractivity contribution is 7.26. The van der Waals surface area contributed by atoms with Crippen molar-refractivity contribution in [2.24, 2.45) is 0 Å². The first kappa shape index (κ1) is 35.2. The summed E-state index contributed by atoms with van der Waals surface area (Å²) in [5.41, 5.74) is 18.6. The van der Waals surface area contributed by atoms with Gasteiger partial charge in [0, 0.05) is 42.6 Å². The first-order chi connectivity index (χ1) is 29.0. The van der Waals surface area contributed by atoms with Crippen molar-refractivity contribution in [1.29, 1.82) is 0 Å². The van der Waals surface area contributed by atoms with Crippen molar-refractivity contribution >= 4 is 48.6 Å². The molecule has 2 heteroatoms. The predicted molar refractivity (Wildman–Crippen MR) is 253 cm³/mol. The van der Waals surface area contributed by atoms with Gasteiger partial charge in [0.15, 0.2) is 0 Å². The second-order valence-corrected chi connectivity index (χ2v) is 17.2. The number of anilines is 3. The molecular weight excluding hydrogens is 731 g/mol. The van der Waals surface area contributed by atoms with Crippen molar-refractivity contribution < 1.29 is 0 Å². The Balaban J connectivity index is 0.873. The molecule has 10 aromatic rings. The maximum Gasteiger partial charge on any atom is 0.0462 e. The zero-order valence-corrected chi connectivity index (χ0v) is 33.9. The lowest BCUT2D eigenvalue weighted by Crippen LogP contribution is -2.15. The zero-order valence-electron chi connectivity index (χ0n) is 33.1. The van der Waals surface area contributed by atoms with Crippen LogP contribution >= 0.6 is 11.3 Å². The summed E-state index contributed by atoms with van der Waals surface area (Å²) < 4.78 is 2.68. The van der Waals surface area contributed by atoms with E-state index in [1.807, 2.05) is 11.3 Å². The molecule has 0 N–H and O–H groups in total. The van der Waals surface area contributed by atoms with Gasteiger partial charge in [0.2, 0.25) is 0 Å². The van der Waals surface area contributed by atoms with Crippen LogP contribution in [0, 0.1) is 0 Å². The van der Waals surface area contributed by atoms with E-state index in [1.165, 1.54) is 86.9 Å². The van der Waals surface area contributed by atoms with Crippen LogP contribution in [0.1, 0.15) is 25.0 Å². The summed E-state index contributed by atoms with van der Waals surface area (Å²) in [6.07, 6.45) is 0. The fraction of sp³-hybridized carbons (Fsp3) is 0.0526. The van der Waals surface area contributed by atoms with E-state index in [2.05, 4.69) is 231 Å². The highest BCUT2D eigenvalue weighted by atomic mass is 32.1. The number of hydrogen-bond donors (Lipinski definition) is 0. The number of nitrogens with zero attached hydrogens (tertiary/aromatic N) is 1. The van der Waals surface area contributed by atoms with E-state index in [0.29, 0.717) is 0 Å². The minimum atomic E-state index is -0.0992. The second-order valence-electron chi connectivity index (χ2n) is 16.1. The van der Waals surface area contributed by atoms with Crippen LogP contribution in [-0.2, 0) is 5.41 Å². The third kappa shape index (κ3) is 6.07. The third-order valence-electron chi connectivity index (χ3n) is 12.3. The van der Waals surface area contributed by atoms with Gasteiger partial charge >= 0.3 is 0 Å². The number of rotatable bonds is 7. The summed E-state index contributed by atoms with van der Waals surface area (Å²) in [5.74, 6) is 0. The number of thiophene rings is 1. The summed E-state index contributed by atoms with van der Waals surface area (Å²) in [6, 6.07) is 77.8. The van der Waals surface area contributed by atoms with Crippen molar-refractivity contribution in [3.63, 3.8) is 0 Å². The molecule has 9 aromatic carbocycles. The normalized spacial score (nSPS) is 12.7. The van der Waals surface area contributed by atoms with Gasteiger partial charge in [-0.05, 0) is 121 Å². The van der Waals surface area contributed by atoms with Crippen molar-refractivity contribution in [1.82, 2.24) is 0 Å². The average Bonchev–Trinajstić information content (AvgIpc) is 3.79. The Hall–Kier alpha value is -7.00. The van der Waals surface area contributed by atoms with Crippen LogP contribution in [0.4, 0.5) is 17.1 Å². The van der Waals surface area contributed by atoms with Crippen LogP contribution in [0.25, 0.3) is 75.8 Å². The Bertz CT molecular complexity index is 3140. The van der Waals surface area contributed by atoms with Crippen molar-refractivity contribution in [2.45, 2.75) is 19.3 Å². The van der Waals surface area contributed by atoms with Crippen LogP contribution in [0.15, 0.2) is 212 Å². The maximum absolute atomic E-state index is 2.41. The van der Waals surface area contributed by atoms with Crippen LogP contribution in [0.2, 0.25) is 0 Å². The molecule has 0 fully saturated rings. The van der Waals surface area contributed by atoms with E-state index < -0.39 is 0 Å². The van der Waals surface area contributed by atoms with E-state index in [1.54, 1.807) is 0 Å². The Morgan fingerprint density at radius 2 is 0.780 bits per heavy atom. The smallest absolute Gasteiger partial charge is 0.0462 e. The molecule has 0 bridgehead atoms. The Morgan fingerprint density at radius 1 is 0.339 bits per heavy atom. The van der Waals surface area contributed by atoms with Crippen molar-refractivity contribution in [2.75, 3.05) is 4.90 Å². The third-order valence-corrected chi connectivity index (χ3v) is 13.5. The molecule has 0 unspecified atom stereocenters. The zero-order chi connectivity index (χ0) is 39.5. The molecule has 0 saturated carbocycles. The van der Waals surface area contributed by atoms with E-state index in [0.717, 1.165) is 17.1 Å². The summed E-state index contributed by atoms with van der Waals surface area (Å²) in [5, 5.41) is 2.66. The molecule has 0 aliphatic heterocycles. The minimum absolute atomic E-state index is 0.0992. The van der Waals surface area contributed by atoms with Crippen LogP contribution in [0.5, 0.6) is 0 Å².